The maximum atomic E-state index is 12.3. The highest BCUT2D eigenvalue weighted by atomic mass is 16.2. The Morgan fingerprint density at radius 2 is 2.11 bits per heavy atom. The van der Waals surface area contributed by atoms with E-state index >= 15 is 0 Å². The minimum atomic E-state index is 0.356. The predicted octanol–water partition coefficient (Wildman–Crippen LogP) is 0.253. The first-order valence-electron chi connectivity index (χ1n) is 6.68. The molecule has 4 rings (SSSR count). The highest BCUT2D eigenvalue weighted by Gasteiger charge is 2.66. The number of carbonyl (C=O) groups is 1. The first-order valence-corrected chi connectivity index (χ1v) is 6.68. The van der Waals surface area contributed by atoms with Crippen LogP contribution in [0.4, 0.5) is 5.95 Å². The third-order valence-corrected chi connectivity index (χ3v) is 4.67. The molecular formula is C12H17N5O. The Kier molecular flexibility index (Phi) is 1.99. The first kappa shape index (κ1) is 10.3. The van der Waals surface area contributed by atoms with Crippen LogP contribution in [-0.2, 0) is 4.79 Å². The molecule has 2 heterocycles. The molecule has 3 fully saturated rings. The number of H-pyrrole nitrogens is 1. The summed E-state index contributed by atoms with van der Waals surface area (Å²) in [5, 5.41) is 6.73. The molecule has 3 aliphatic rings. The lowest BCUT2D eigenvalue weighted by molar-refractivity contribution is -0.133. The number of anilines is 1. The summed E-state index contributed by atoms with van der Waals surface area (Å²) in [5.74, 6) is 1.56. The van der Waals surface area contributed by atoms with Gasteiger partial charge >= 0.3 is 0 Å². The minimum absolute atomic E-state index is 0.356. The second-order valence-corrected chi connectivity index (χ2v) is 5.74. The van der Waals surface area contributed by atoms with Gasteiger partial charge in [0.2, 0.25) is 11.9 Å². The molecule has 1 amide bonds. The van der Waals surface area contributed by atoms with Gasteiger partial charge in [0.25, 0.3) is 0 Å². The van der Waals surface area contributed by atoms with Crippen molar-refractivity contribution in [2.24, 2.45) is 11.3 Å². The monoisotopic (exact) mass is 247 g/mol. The lowest BCUT2D eigenvalue weighted by Gasteiger charge is -2.34. The number of aromatic amines is 1. The zero-order valence-corrected chi connectivity index (χ0v) is 10.3. The van der Waals surface area contributed by atoms with Crippen LogP contribution in [0.2, 0.25) is 0 Å². The fourth-order valence-electron chi connectivity index (χ4n) is 3.12. The van der Waals surface area contributed by atoms with E-state index in [1.165, 1.54) is 19.2 Å². The van der Waals surface area contributed by atoms with Crippen molar-refractivity contribution >= 4 is 11.9 Å². The lowest BCUT2D eigenvalue weighted by atomic mass is 10.2. The Morgan fingerprint density at radius 1 is 1.33 bits per heavy atom. The number of hydrogen-bond donors (Lipinski definition) is 1. The molecule has 1 unspecified atom stereocenters. The lowest BCUT2D eigenvalue weighted by Crippen LogP contribution is -2.49. The molecule has 96 valence electrons. The Morgan fingerprint density at radius 3 is 2.67 bits per heavy atom. The van der Waals surface area contributed by atoms with Crippen LogP contribution >= 0.6 is 0 Å². The Balaban J connectivity index is 1.36. The summed E-state index contributed by atoms with van der Waals surface area (Å²) in [4.78, 5) is 20.6. The molecule has 1 aromatic heterocycles. The molecule has 0 radical (unpaired) electrons. The molecule has 1 aliphatic heterocycles. The fourth-order valence-corrected chi connectivity index (χ4v) is 3.12. The van der Waals surface area contributed by atoms with E-state index in [1.807, 2.05) is 4.90 Å². The van der Waals surface area contributed by atoms with Gasteiger partial charge in [0.15, 0.2) is 0 Å². The van der Waals surface area contributed by atoms with Gasteiger partial charge < -0.3 is 9.80 Å². The van der Waals surface area contributed by atoms with Gasteiger partial charge in [0.05, 0.1) is 0 Å². The molecule has 1 N–H and O–H groups in total. The summed E-state index contributed by atoms with van der Waals surface area (Å²) in [7, 11) is 0. The topological polar surface area (TPSA) is 65.1 Å². The molecule has 0 aromatic carbocycles. The van der Waals surface area contributed by atoms with E-state index in [0.717, 1.165) is 38.5 Å². The molecule has 0 bridgehead atoms. The number of carbonyl (C=O) groups excluding carboxylic acids is 1. The van der Waals surface area contributed by atoms with E-state index in [9.17, 15) is 4.79 Å². The molecule has 6 heteroatoms. The highest BCUT2D eigenvalue weighted by Crippen LogP contribution is 2.70. The van der Waals surface area contributed by atoms with Crippen LogP contribution in [0.3, 0.4) is 0 Å². The normalized spacial score (nSPS) is 28.6. The predicted molar refractivity (Wildman–Crippen MR) is 64.9 cm³/mol. The maximum Gasteiger partial charge on any atom is 0.226 e. The third-order valence-electron chi connectivity index (χ3n) is 4.67. The number of rotatable bonds is 2. The molecule has 2 saturated carbocycles. The highest BCUT2D eigenvalue weighted by molar-refractivity contribution is 5.83. The van der Waals surface area contributed by atoms with Crippen LogP contribution in [0.15, 0.2) is 6.33 Å². The van der Waals surface area contributed by atoms with Crippen molar-refractivity contribution in [2.45, 2.75) is 19.3 Å². The van der Waals surface area contributed by atoms with Gasteiger partial charge in [0.1, 0.15) is 6.33 Å². The van der Waals surface area contributed by atoms with E-state index in [4.69, 9.17) is 0 Å². The summed E-state index contributed by atoms with van der Waals surface area (Å²) >= 11 is 0. The van der Waals surface area contributed by atoms with Gasteiger partial charge in [0, 0.05) is 32.1 Å². The summed E-state index contributed by atoms with van der Waals surface area (Å²) in [6.07, 6.45) is 5.23. The Bertz CT molecular complexity index is 459. The van der Waals surface area contributed by atoms with E-state index in [2.05, 4.69) is 20.1 Å². The number of aromatic nitrogens is 3. The summed E-state index contributed by atoms with van der Waals surface area (Å²) in [6, 6.07) is 0. The molecule has 18 heavy (non-hydrogen) atoms. The number of amides is 1. The van der Waals surface area contributed by atoms with Crippen molar-refractivity contribution in [3.8, 4) is 0 Å². The van der Waals surface area contributed by atoms with E-state index in [0.29, 0.717) is 17.2 Å². The van der Waals surface area contributed by atoms with E-state index in [-0.39, 0.29) is 0 Å². The summed E-state index contributed by atoms with van der Waals surface area (Å²) in [5.41, 5.74) is 0.471. The van der Waals surface area contributed by atoms with Gasteiger partial charge in [-0.25, -0.2) is 5.10 Å². The molecule has 1 spiro atoms. The van der Waals surface area contributed by atoms with Crippen LogP contribution in [-0.4, -0.2) is 52.2 Å². The third kappa shape index (κ3) is 1.51. The van der Waals surface area contributed by atoms with Gasteiger partial charge in [-0.05, 0) is 24.7 Å². The number of hydrogen-bond acceptors (Lipinski definition) is 4. The van der Waals surface area contributed by atoms with Crippen molar-refractivity contribution in [2.75, 3.05) is 31.1 Å². The van der Waals surface area contributed by atoms with Crippen molar-refractivity contribution < 1.29 is 4.79 Å². The largest absolute Gasteiger partial charge is 0.339 e. The summed E-state index contributed by atoms with van der Waals surface area (Å²) in [6.45, 7) is 3.32. The van der Waals surface area contributed by atoms with Crippen LogP contribution < -0.4 is 4.90 Å². The van der Waals surface area contributed by atoms with Crippen LogP contribution in [0.5, 0.6) is 0 Å². The van der Waals surface area contributed by atoms with Crippen molar-refractivity contribution in [3.05, 3.63) is 6.33 Å². The zero-order chi connectivity index (χ0) is 12.2. The average molecular weight is 247 g/mol. The van der Waals surface area contributed by atoms with Crippen molar-refractivity contribution in [1.29, 1.82) is 0 Å². The van der Waals surface area contributed by atoms with Crippen LogP contribution in [0.25, 0.3) is 0 Å². The van der Waals surface area contributed by atoms with Crippen molar-refractivity contribution in [1.82, 2.24) is 20.1 Å². The molecule has 2 aliphatic carbocycles. The van der Waals surface area contributed by atoms with Gasteiger partial charge in [-0.1, -0.05) is 0 Å². The second-order valence-electron chi connectivity index (χ2n) is 5.74. The van der Waals surface area contributed by atoms with Crippen molar-refractivity contribution in [3.63, 3.8) is 0 Å². The van der Waals surface area contributed by atoms with Gasteiger partial charge in [-0.3, -0.25) is 4.79 Å². The SMILES string of the molecule is O=C(C1CC12CC2)N1CCN(c2ncn[nH]2)CC1. The fraction of sp³-hybridized carbons (Fsp3) is 0.750. The van der Waals surface area contributed by atoms with Gasteiger partial charge in [-0.15, -0.1) is 0 Å². The Hall–Kier alpha value is -1.59. The molecular weight excluding hydrogens is 230 g/mol. The summed E-state index contributed by atoms with van der Waals surface area (Å²) < 4.78 is 0. The van der Waals surface area contributed by atoms with E-state index in [1.54, 1.807) is 0 Å². The van der Waals surface area contributed by atoms with Gasteiger partial charge in [-0.2, -0.15) is 10.1 Å². The quantitative estimate of drug-likeness (QED) is 0.814. The Labute approximate surface area is 105 Å². The standard InChI is InChI=1S/C12H17N5O/c18-10(9-7-12(9)1-2-12)16-3-5-17(6-4-16)11-13-8-14-15-11/h8-9H,1-7H2,(H,13,14,15). The van der Waals surface area contributed by atoms with Crippen LogP contribution in [0, 0.1) is 11.3 Å². The second kappa shape index (κ2) is 3.46. The minimum Gasteiger partial charge on any atom is -0.339 e. The molecule has 1 atom stereocenters. The molecule has 1 saturated heterocycles. The number of nitrogens with zero attached hydrogens (tertiary/aromatic N) is 4. The molecule has 6 nitrogen and oxygen atoms in total. The number of piperazine rings is 1. The average Bonchev–Trinajstić information content (AvgIpc) is 3.28. The zero-order valence-electron chi connectivity index (χ0n) is 10.3. The number of nitrogens with one attached hydrogen (secondary N) is 1. The van der Waals surface area contributed by atoms with Crippen LogP contribution in [0.1, 0.15) is 19.3 Å². The maximum absolute atomic E-state index is 12.3. The first-order chi connectivity index (χ1) is 8.78. The molecule has 1 aromatic rings. The smallest absolute Gasteiger partial charge is 0.226 e. The van der Waals surface area contributed by atoms with E-state index < -0.39 is 0 Å².